The average Bonchev–Trinajstić information content (AvgIpc) is 3.68. The molecule has 0 unspecified atom stereocenters. The number of thiazole rings is 1. The third kappa shape index (κ3) is 9.59. The molecule has 2 aromatic heterocycles. The lowest BCUT2D eigenvalue weighted by atomic mass is 9.87. The molecular weight excluding hydrogens is 801 g/mol. The number of ether oxygens (including phenoxy) is 4. The first-order valence-corrected chi connectivity index (χ1v) is 22.8. The van der Waals surface area contributed by atoms with Gasteiger partial charge in [0.1, 0.15) is 41.8 Å². The number of pyridine rings is 1. The highest BCUT2D eigenvalue weighted by Crippen LogP contribution is 2.45. The SMILES string of the molecule is C=C[C@H]1C[C@]1(NC(=O)[C@@H]1C[C@@H]2CN1C(=O)[C@H](C1CCCC1)NC(=O)OCC(C)(C)CCCc1cc3c(cc(OCc4cscn4)nc3cc1OC)O2)C(=O)NS(C)(=O)=O. The van der Waals surface area contributed by atoms with Gasteiger partial charge in [0.05, 0.1) is 43.2 Å². The molecule has 2 saturated carbocycles. The van der Waals surface area contributed by atoms with E-state index in [1.807, 2.05) is 36.1 Å². The summed E-state index contributed by atoms with van der Waals surface area (Å²) in [5, 5.41) is 8.22. The number of alkyl carbamates (subject to hydrolysis) is 1. The predicted molar refractivity (Wildman–Crippen MR) is 218 cm³/mol. The Labute approximate surface area is 347 Å². The van der Waals surface area contributed by atoms with Crippen molar-refractivity contribution in [3.05, 3.63) is 53.0 Å². The Kier molecular flexibility index (Phi) is 12.1. The minimum atomic E-state index is -3.96. The molecule has 2 aliphatic heterocycles. The maximum Gasteiger partial charge on any atom is 0.407 e. The van der Waals surface area contributed by atoms with Crippen molar-refractivity contribution in [2.45, 2.75) is 102 Å². The molecule has 4 aliphatic rings. The Balaban J connectivity index is 1.28. The molecule has 4 heterocycles. The molecule has 7 rings (SSSR count). The summed E-state index contributed by atoms with van der Waals surface area (Å²) in [5.41, 5.74) is 1.93. The van der Waals surface area contributed by atoms with Crippen LogP contribution in [0.3, 0.4) is 0 Å². The Morgan fingerprint density at radius 2 is 1.95 bits per heavy atom. The van der Waals surface area contributed by atoms with Crippen LogP contribution < -0.4 is 29.6 Å². The van der Waals surface area contributed by atoms with E-state index >= 15 is 0 Å². The van der Waals surface area contributed by atoms with Crippen molar-refractivity contribution in [3.8, 4) is 17.4 Å². The lowest BCUT2D eigenvalue weighted by Gasteiger charge is -2.32. The van der Waals surface area contributed by atoms with Crippen LogP contribution in [-0.4, -0.2) is 97.3 Å². The monoisotopic (exact) mass is 852 g/mol. The van der Waals surface area contributed by atoms with Crippen LogP contribution in [-0.2, 0) is 42.2 Å². The summed E-state index contributed by atoms with van der Waals surface area (Å²) in [6.45, 7) is 8.05. The molecule has 1 saturated heterocycles. The van der Waals surface area contributed by atoms with Crippen molar-refractivity contribution >= 4 is 56.1 Å². The van der Waals surface area contributed by atoms with Crippen LogP contribution in [0.1, 0.15) is 76.5 Å². The highest BCUT2D eigenvalue weighted by Gasteiger charge is 2.61. The predicted octanol–water partition coefficient (Wildman–Crippen LogP) is 4.41. The van der Waals surface area contributed by atoms with Gasteiger partial charge in [0.15, 0.2) is 0 Å². The number of amides is 4. The van der Waals surface area contributed by atoms with Gasteiger partial charge in [-0.05, 0) is 61.5 Å². The number of sulfonamides is 1. The van der Waals surface area contributed by atoms with Crippen LogP contribution in [0.15, 0.2) is 41.7 Å². The molecule has 5 atom stereocenters. The number of carbonyl (C=O) groups is 4. The van der Waals surface area contributed by atoms with Gasteiger partial charge < -0.3 is 34.5 Å². The molecule has 0 spiro atoms. The average molecular weight is 853 g/mol. The van der Waals surface area contributed by atoms with E-state index in [9.17, 15) is 27.6 Å². The number of hydrogen-bond donors (Lipinski definition) is 3. The van der Waals surface area contributed by atoms with Gasteiger partial charge in [-0.1, -0.05) is 32.8 Å². The normalized spacial score (nSPS) is 26.2. The van der Waals surface area contributed by atoms with E-state index in [0.717, 1.165) is 43.2 Å². The zero-order valence-corrected chi connectivity index (χ0v) is 35.4. The summed E-state index contributed by atoms with van der Waals surface area (Å²) >= 11 is 1.45. The molecule has 1 aromatic carbocycles. The van der Waals surface area contributed by atoms with Crippen LogP contribution in [0.4, 0.5) is 4.79 Å². The smallest absolute Gasteiger partial charge is 0.407 e. The van der Waals surface area contributed by atoms with Gasteiger partial charge in [-0.25, -0.2) is 23.2 Å². The molecule has 16 nitrogen and oxygen atoms in total. The van der Waals surface area contributed by atoms with Crippen LogP contribution in [0, 0.1) is 17.3 Å². The van der Waals surface area contributed by atoms with E-state index in [0.29, 0.717) is 41.7 Å². The standard InChI is InChI=1S/C41H52N6O10S2/c1-6-26-18-41(26,38(50)46-59(5,52)53)45-36(48)31-15-28-19-47(31)37(49)35(24-10-7-8-11-24)44-39(51)56-22-40(2,3)13-9-12-25-14-29-30(16-32(25)54-4)43-34(17-33(29)57-28)55-20-27-21-58-23-42-27/h6,14,16-17,21,23-24,26,28,31,35H,1,7-13,15,18-20,22H2,2-5H3,(H,44,51)(H,45,48)(H,46,50)/t26-,28+,31-,35-,41+/m0/s1. The van der Waals surface area contributed by atoms with Gasteiger partial charge in [0.25, 0.3) is 5.91 Å². The quantitative estimate of drug-likeness (QED) is 0.243. The molecule has 4 amide bonds. The topological polar surface area (TPSA) is 204 Å². The molecule has 0 radical (unpaired) electrons. The number of fused-ring (bicyclic) bond motifs is 3. The summed E-state index contributed by atoms with van der Waals surface area (Å²) in [6, 6.07) is 3.35. The summed E-state index contributed by atoms with van der Waals surface area (Å²) in [5.74, 6) is -1.47. The van der Waals surface area contributed by atoms with E-state index in [1.165, 1.54) is 22.3 Å². The number of aromatic nitrogens is 2. The first-order chi connectivity index (χ1) is 28.1. The zero-order valence-electron chi connectivity index (χ0n) is 33.8. The van der Waals surface area contributed by atoms with Crippen LogP contribution >= 0.6 is 11.3 Å². The Morgan fingerprint density at radius 3 is 2.63 bits per heavy atom. The maximum absolute atomic E-state index is 14.8. The molecule has 318 valence electrons. The summed E-state index contributed by atoms with van der Waals surface area (Å²) in [6.07, 6.45) is 6.28. The number of benzene rings is 1. The van der Waals surface area contributed by atoms with Gasteiger partial charge in [0.2, 0.25) is 27.7 Å². The van der Waals surface area contributed by atoms with Crippen LogP contribution in [0.5, 0.6) is 17.4 Å². The lowest BCUT2D eigenvalue weighted by Crippen LogP contribution is -2.59. The Bertz CT molecular complexity index is 2210. The lowest BCUT2D eigenvalue weighted by molar-refractivity contribution is -0.142. The van der Waals surface area contributed by atoms with Gasteiger partial charge >= 0.3 is 6.09 Å². The number of hydrogen-bond acceptors (Lipinski definition) is 13. The summed E-state index contributed by atoms with van der Waals surface area (Å²) in [4.78, 5) is 66.6. The van der Waals surface area contributed by atoms with Gasteiger partial charge in [-0.2, -0.15) is 0 Å². The van der Waals surface area contributed by atoms with Crippen molar-refractivity contribution in [3.63, 3.8) is 0 Å². The minimum absolute atomic E-state index is 0.0119. The Morgan fingerprint density at radius 1 is 1.17 bits per heavy atom. The van der Waals surface area contributed by atoms with Crippen molar-refractivity contribution in [2.75, 3.05) is 26.5 Å². The summed E-state index contributed by atoms with van der Waals surface area (Å²) in [7, 11) is -2.36. The number of rotatable bonds is 10. The number of carbonyl (C=O) groups excluding carboxylic acids is 4. The number of cyclic esters (lactones) is 1. The molecule has 3 aromatic rings. The molecule has 59 heavy (non-hydrogen) atoms. The maximum atomic E-state index is 14.8. The van der Waals surface area contributed by atoms with Gasteiger partial charge in [-0.15, -0.1) is 17.9 Å². The zero-order chi connectivity index (χ0) is 42.1. The van der Waals surface area contributed by atoms with E-state index in [2.05, 4.69) is 22.2 Å². The van der Waals surface area contributed by atoms with E-state index in [-0.39, 0.29) is 44.4 Å². The van der Waals surface area contributed by atoms with E-state index in [1.54, 1.807) is 18.7 Å². The number of nitrogens with zero attached hydrogens (tertiary/aromatic N) is 3. The van der Waals surface area contributed by atoms with Gasteiger partial charge in [0, 0.05) is 35.2 Å². The number of nitrogens with one attached hydrogen (secondary N) is 3. The summed E-state index contributed by atoms with van der Waals surface area (Å²) < 4.78 is 50.6. The first kappa shape index (κ1) is 42.2. The minimum Gasteiger partial charge on any atom is -0.496 e. The molecule has 3 N–H and O–H groups in total. The second-order valence-electron chi connectivity index (χ2n) is 16.9. The fourth-order valence-electron chi connectivity index (χ4n) is 8.52. The molecular formula is C41H52N6O10S2. The van der Waals surface area contributed by atoms with Gasteiger partial charge in [-0.3, -0.25) is 19.1 Å². The largest absolute Gasteiger partial charge is 0.496 e. The van der Waals surface area contributed by atoms with E-state index < -0.39 is 68.9 Å². The number of aryl methyl sites for hydroxylation is 1. The molecule has 4 bridgehead atoms. The highest BCUT2D eigenvalue weighted by molar-refractivity contribution is 7.89. The molecule has 3 fully saturated rings. The van der Waals surface area contributed by atoms with Crippen molar-refractivity contribution < 1.29 is 46.5 Å². The fraction of sp³-hybridized carbons (Fsp3) is 0.561. The third-order valence-electron chi connectivity index (χ3n) is 11.8. The van der Waals surface area contributed by atoms with Crippen molar-refractivity contribution in [1.29, 1.82) is 0 Å². The van der Waals surface area contributed by atoms with Crippen LogP contribution in [0.25, 0.3) is 10.9 Å². The van der Waals surface area contributed by atoms with Crippen LogP contribution in [0.2, 0.25) is 0 Å². The van der Waals surface area contributed by atoms with Crippen molar-refractivity contribution in [1.82, 2.24) is 30.2 Å². The van der Waals surface area contributed by atoms with E-state index in [4.69, 9.17) is 23.9 Å². The molecule has 2 aliphatic carbocycles. The second kappa shape index (κ2) is 17.0. The first-order valence-electron chi connectivity index (χ1n) is 20.0. The third-order valence-corrected chi connectivity index (χ3v) is 13.0. The Hall–Kier alpha value is -4.97. The molecule has 18 heteroatoms. The second-order valence-corrected chi connectivity index (χ2v) is 19.3. The fourth-order valence-corrected chi connectivity index (χ4v) is 9.58. The number of methoxy groups -OCH3 is 1. The highest BCUT2D eigenvalue weighted by atomic mass is 32.2. The van der Waals surface area contributed by atoms with Crippen molar-refractivity contribution in [2.24, 2.45) is 17.3 Å².